The molecule has 1 N–H and O–H groups in total. The zero-order chi connectivity index (χ0) is 24.3. The molecule has 1 aliphatic carbocycles. The molecule has 0 saturated heterocycles. The maximum absolute atomic E-state index is 12.8. The molecular formula is C23H27NO7S2. The minimum Gasteiger partial charge on any atom is -0.462 e. The van der Waals surface area contributed by atoms with Crippen LogP contribution in [0.1, 0.15) is 58.3 Å². The minimum atomic E-state index is -3.50. The fourth-order valence-electron chi connectivity index (χ4n) is 3.61. The smallest absolute Gasteiger partial charge is 0.341 e. The molecule has 1 aromatic heterocycles. The summed E-state index contributed by atoms with van der Waals surface area (Å²) in [6, 6.07) is 5.42. The molecule has 1 amide bonds. The van der Waals surface area contributed by atoms with Gasteiger partial charge in [-0.3, -0.25) is 4.79 Å². The zero-order valence-corrected chi connectivity index (χ0v) is 20.6. The van der Waals surface area contributed by atoms with Gasteiger partial charge in [-0.25, -0.2) is 18.0 Å². The molecule has 1 heterocycles. The van der Waals surface area contributed by atoms with E-state index in [1.165, 1.54) is 42.5 Å². The standard InChI is InChI=1S/C23H27NO7S2/c1-5-30-23(27)19-17-10-9-13(2)11-18(17)32-21(19)24-20(25)14(3)31-22(26)15-7-6-8-16(12-15)33(4,28)29/h6-8,12-14H,5,9-11H2,1-4H3,(H,24,25)/t13-,14-/m1/s1. The van der Waals surface area contributed by atoms with E-state index < -0.39 is 33.8 Å². The first-order valence-electron chi connectivity index (χ1n) is 10.6. The number of rotatable bonds is 7. The summed E-state index contributed by atoms with van der Waals surface area (Å²) < 4.78 is 33.9. The lowest BCUT2D eigenvalue weighted by atomic mass is 9.88. The Morgan fingerprint density at radius 2 is 1.97 bits per heavy atom. The summed E-state index contributed by atoms with van der Waals surface area (Å²) in [7, 11) is -3.50. The predicted molar refractivity (Wildman–Crippen MR) is 125 cm³/mol. The molecule has 2 aromatic rings. The number of anilines is 1. The van der Waals surface area contributed by atoms with Crippen molar-refractivity contribution >= 4 is 44.0 Å². The number of esters is 2. The molecule has 0 aliphatic heterocycles. The fraction of sp³-hybridized carbons (Fsp3) is 0.435. The maximum atomic E-state index is 12.8. The minimum absolute atomic E-state index is 0.0189. The molecule has 2 atom stereocenters. The van der Waals surface area contributed by atoms with Gasteiger partial charge in [0.25, 0.3) is 5.91 Å². The van der Waals surface area contributed by atoms with Crippen molar-refractivity contribution < 1.29 is 32.3 Å². The molecule has 1 aliphatic rings. The third kappa shape index (κ3) is 5.80. The second kappa shape index (κ2) is 10.0. The van der Waals surface area contributed by atoms with Crippen LogP contribution < -0.4 is 5.32 Å². The van der Waals surface area contributed by atoms with Crippen LogP contribution in [0.3, 0.4) is 0 Å². The highest BCUT2D eigenvalue weighted by Crippen LogP contribution is 2.40. The highest BCUT2D eigenvalue weighted by atomic mass is 32.2. The molecule has 1 aromatic carbocycles. The first-order chi connectivity index (χ1) is 15.5. The topological polar surface area (TPSA) is 116 Å². The third-order valence-electron chi connectivity index (χ3n) is 5.38. The van der Waals surface area contributed by atoms with Crippen molar-refractivity contribution in [1.29, 1.82) is 0 Å². The van der Waals surface area contributed by atoms with Gasteiger partial charge in [-0.2, -0.15) is 0 Å². The summed E-state index contributed by atoms with van der Waals surface area (Å²) >= 11 is 1.35. The van der Waals surface area contributed by atoms with E-state index in [4.69, 9.17) is 9.47 Å². The molecule has 0 radical (unpaired) electrons. The van der Waals surface area contributed by atoms with Crippen molar-refractivity contribution in [3.8, 4) is 0 Å². The monoisotopic (exact) mass is 493 g/mol. The summed E-state index contributed by atoms with van der Waals surface area (Å²) in [5, 5.41) is 3.11. The lowest BCUT2D eigenvalue weighted by molar-refractivity contribution is -0.123. The largest absolute Gasteiger partial charge is 0.462 e. The SMILES string of the molecule is CCOC(=O)c1c(NC(=O)[C@@H](C)OC(=O)c2cccc(S(C)(=O)=O)c2)sc2c1CC[C@@H](C)C2. The van der Waals surface area contributed by atoms with E-state index in [1.54, 1.807) is 6.92 Å². The van der Waals surface area contributed by atoms with Gasteiger partial charge >= 0.3 is 11.9 Å². The van der Waals surface area contributed by atoms with Crippen LogP contribution >= 0.6 is 11.3 Å². The average Bonchev–Trinajstić information content (AvgIpc) is 3.10. The van der Waals surface area contributed by atoms with Gasteiger partial charge in [-0.15, -0.1) is 11.3 Å². The van der Waals surface area contributed by atoms with E-state index in [2.05, 4.69) is 12.2 Å². The molecular weight excluding hydrogens is 466 g/mol. The highest BCUT2D eigenvalue weighted by molar-refractivity contribution is 7.90. The van der Waals surface area contributed by atoms with Crippen molar-refractivity contribution in [3.63, 3.8) is 0 Å². The number of carbonyl (C=O) groups excluding carboxylic acids is 3. The van der Waals surface area contributed by atoms with E-state index in [0.29, 0.717) is 16.5 Å². The van der Waals surface area contributed by atoms with E-state index in [0.717, 1.165) is 36.0 Å². The van der Waals surface area contributed by atoms with Crippen LogP contribution in [0.25, 0.3) is 0 Å². The summed E-state index contributed by atoms with van der Waals surface area (Å²) in [6.07, 6.45) is 2.37. The Balaban J connectivity index is 1.77. The number of fused-ring (bicyclic) bond motifs is 1. The number of hydrogen-bond donors (Lipinski definition) is 1. The number of nitrogens with one attached hydrogen (secondary N) is 1. The number of hydrogen-bond acceptors (Lipinski definition) is 8. The summed E-state index contributed by atoms with van der Waals surface area (Å²) in [4.78, 5) is 38.9. The zero-order valence-electron chi connectivity index (χ0n) is 19.0. The van der Waals surface area contributed by atoms with Gasteiger partial charge in [-0.1, -0.05) is 13.0 Å². The lowest BCUT2D eigenvalue weighted by Gasteiger charge is -2.18. The first-order valence-corrected chi connectivity index (χ1v) is 13.4. The van der Waals surface area contributed by atoms with Crippen LogP contribution in [-0.4, -0.2) is 45.2 Å². The Morgan fingerprint density at radius 1 is 1.24 bits per heavy atom. The fourth-order valence-corrected chi connectivity index (χ4v) is 5.68. The van der Waals surface area contributed by atoms with Crippen LogP contribution in [-0.2, 0) is 36.9 Å². The maximum Gasteiger partial charge on any atom is 0.341 e. The Bertz CT molecular complexity index is 1180. The van der Waals surface area contributed by atoms with Crippen molar-refractivity contribution in [2.24, 2.45) is 5.92 Å². The van der Waals surface area contributed by atoms with E-state index in [-0.39, 0.29) is 17.1 Å². The molecule has 3 rings (SSSR count). The van der Waals surface area contributed by atoms with Gasteiger partial charge in [0.1, 0.15) is 5.00 Å². The predicted octanol–water partition coefficient (Wildman–Crippen LogP) is 3.64. The number of sulfone groups is 1. The summed E-state index contributed by atoms with van der Waals surface area (Å²) in [5.74, 6) is -1.42. The van der Waals surface area contributed by atoms with Crippen LogP contribution in [0.2, 0.25) is 0 Å². The Morgan fingerprint density at radius 3 is 2.64 bits per heavy atom. The van der Waals surface area contributed by atoms with Gasteiger partial charge in [0.15, 0.2) is 15.9 Å². The van der Waals surface area contributed by atoms with Crippen molar-refractivity contribution in [2.75, 3.05) is 18.2 Å². The van der Waals surface area contributed by atoms with E-state index in [1.807, 2.05) is 0 Å². The molecule has 0 saturated carbocycles. The second-order valence-corrected chi connectivity index (χ2v) is 11.2. The Labute approximate surface area is 197 Å². The van der Waals surface area contributed by atoms with Crippen LogP contribution in [0.4, 0.5) is 5.00 Å². The molecule has 33 heavy (non-hydrogen) atoms. The first kappa shape index (κ1) is 24.9. The van der Waals surface area contributed by atoms with Gasteiger partial charge in [-0.05, 0) is 62.8 Å². The van der Waals surface area contributed by atoms with Crippen molar-refractivity contribution in [1.82, 2.24) is 0 Å². The quantitative estimate of drug-likeness (QED) is 0.586. The van der Waals surface area contributed by atoms with Crippen LogP contribution in [0, 0.1) is 5.92 Å². The van der Waals surface area contributed by atoms with Gasteiger partial charge < -0.3 is 14.8 Å². The van der Waals surface area contributed by atoms with Crippen molar-refractivity contribution in [2.45, 2.75) is 51.0 Å². The molecule has 0 unspecified atom stereocenters. The molecule has 10 heteroatoms. The Kier molecular flexibility index (Phi) is 7.58. The van der Waals surface area contributed by atoms with Crippen LogP contribution in [0.5, 0.6) is 0 Å². The third-order valence-corrected chi connectivity index (χ3v) is 7.66. The average molecular weight is 494 g/mol. The Hall–Kier alpha value is -2.72. The van der Waals surface area contributed by atoms with Crippen LogP contribution in [0.15, 0.2) is 29.2 Å². The number of thiophene rings is 1. The number of ether oxygens (including phenoxy) is 2. The van der Waals surface area contributed by atoms with E-state index in [9.17, 15) is 22.8 Å². The summed E-state index contributed by atoms with van der Waals surface area (Å²) in [5.41, 5.74) is 1.30. The van der Waals surface area contributed by atoms with Gasteiger partial charge in [0.05, 0.1) is 22.6 Å². The molecule has 0 fully saturated rings. The highest BCUT2D eigenvalue weighted by Gasteiger charge is 2.30. The lowest BCUT2D eigenvalue weighted by Crippen LogP contribution is -2.30. The number of benzene rings is 1. The summed E-state index contributed by atoms with van der Waals surface area (Å²) in [6.45, 7) is 5.49. The van der Waals surface area contributed by atoms with Gasteiger partial charge in [0.2, 0.25) is 0 Å². The molecule has 0 bridgehead atoms. The molecule has 8 nitrogen and oxygen atoms in total. The number of carbonyl (C=O) groups is 3. The normalized spacial score (nSPS) is 16.4. The van der Waals surface area contributed by atoms with E-state index >= 15 is 0 Å². The number of amides is 1. The molecule has 0 spiro atoms. The molecule has 178 valence electrons. The van der Waals surface area contributed by atoms with Crippen molar-refractivity contribution in [3.05, 3.63) is 45.8 Å². The second-order valence-electron chi connectivity index (χ2n) is 8.11. The van der Waals surface area contributed by atoms with Gasteiger partial charge in [0, 0.05) is 11.1 Å².